The molecule has 122 valence electrons. The van der Waals surface area contributed by atoms with E-state index >= 15 is 0 Å². The molecule has 4 heteroatoms. The second-order valence-corrected chi connectivity index (χ2v) is 6.55. The summed E-state index contributed by atoms with van der Waals surface area (Å²) < 4.78 is 5.46. The molecule has 4 rings (SSSR count). The summed E-state index contributed by atoms with van der Waals surface area (Å²) in [4.78, 5) is 6.86. The van der Waals surface area contributed by atoms with Gasteiger partial charge in [0, 0.05) is 11.6 Å². The first-order chi connectivity index (χ1) is 11.7. The smallest absolute Gasteiger partial charge is 0.241 e. The van der Waals surface area contributed by atoms with Gasteiger partial charge in [0.2, 0.25) is 11.7 Å². The summed E-state index contributed by atoms with van der Waals surface area (Å²) in [5.41, 5.74) is 5.10. The zero-order chi connectivity index (χ0) is 16.5. The molecule has 0 N–H and O–H groups in total. The molecule has 1 aliphatic rings. The van der Waals surface area contributed by atoms with Gasteiger partial charge in [0.25, 0.3) is 0 Å². The molecule has 1 aliphatic carbocycles. The summed E-state index contributed by atoms with van der Waals surface area (Å²) in [6, 6.07) is 17.3. The Morgan fingerprint density at radius 3 is 2.75 bits per heavy atom. The third-order valence-corrected chi connectivity index (χ3v) is 4.80. The van der Waals surface area contributed by atoms with E-state index in [1.807, 2.05) is 12.1 Å². The van der Waals surface area contributed by atoms with E-state index in [0.29, 0.717) is 24.3 Å². The Morgan fingerprint density at radius 1 is 1.12 bits per heavy atom. The minimum atomic E-state index is 0.427. The molecule has 1 unspecified atom stereocenters. The van der Waals surface area contributed by atoms with E-state index in [9.17, 15) is 0 Å². The molecule has 0 spiro atoms. The van der Waals surface area contributed by atoms with Crippen LogP contribution in [0.25, 0.3) is 11.4 Å². The third kappa shape index (κ3) is 2.85. The van der Waals surface area contributed by atoms with Gasteiger partial charge in [-0.3, -0.25) is 4.90 Å². The van der Waals surface area contributed by atoms with Crippen LogP contribution in [-0.2, 0) is 13.0 Å². The van der Waals surface area contributed by atoms with Gasteiger partial charge < -0.3 is 4.52 Å². The van der Waals surface area contributed by atoms with E-state index in [0.717, 1.165) is 18.4 Å². The molecule has 0 bridgehead atoms. The van der Waals surface area contributed by atoms with Crippen LogP contribution in [0.1, 0.15) is 35.0 Å². The standard InChI is InChI=1S/C20H21N3O/c1-14-7-9-16(10-8-14)20-21-19(24-22-20)13-23(2)18-12-11-15-5-3-4-6-17(15)18/h3-10,18H,11-13H2,1-2H3. The average Bonchev–Trinajstić information content (AvgIpc) is 3.22. The lowest BCUT2D eigenvalue weighted by Crippen LogP contribution is -2.22. The topological polar surface area (TPSA) is 42.2 Å². The number of hydrogen-bond donors (Lipinski definition) is 0. The van der Waals surface area contributed by atoms with Crippen molar-refractivity contribution < 1.29 is 4.52 Å². The van der Waals surface area contributed by atoms with Crippen molar-refractivity contribution in [2.45, 2.75) is 32.4 Å². The van der Waals surface area contributed by atoms with Crippen LogP contribution in [0.2, 0.25) is 0 Å². The fraction of sp³-hybridized carbons (Fsp3) is 0.300. The molecule has 4 nitrogen and oxygen atoms in total. The summed E-state index contributed by atoms with van der Waals surface area (Å²) in [5.74, 6) is 1.32. The van der Waals surface area contributed by atoms with E-state index in [-0.39, 0.29) is 0 Å². The molecule has 3 aromatic rings. The summed E-state index contributed by atoms with van der Waals surface area (Å²) in [6.07, 6.45) is 2.29. The monoisotopic (exact) mass is 319 g/mol. The van der Waals surface area contributed by atoms with Gasteiger partial charge in [-0.25, -0.2) is 0 Å². The highest BCUT2D eigenvalue weighted by molar-refractivity contribution is 5.54. The molecule has 1 atom stereocenters. The Balaban J connectivity index is 1.49. The number of hydrogen-bond acceptors (Lipinski definition) is 4. The highest BCUT2D eigenvalue weighted by Gasteiger charge is 2.26. The van der Waals surface area contributed by atoms with Gasteiger partial charge in [0.15, 0.2) is 0 Å². The van der Waals surface area contributed by atoms with E-state index in [4.69, 9.17) is 4.52 Å². The molecular weight excluding hydrogens is 298 g/mol. The maximum Gasteiger partial charge on any atom is 0.241 e. The maximum absolute atomic E-state index is 5.46. The van der Waals surface area contributed by atoms with Crippen LogP contribution in [0.3, 0.4) is 0 Å². The highest BCUT2D eigenvalue weighted by Crippen LogP contribution is 2.35. The van der Waals surface area contributed by atoms with Gasteiger partial charge in [-0.05, 0) is 37.9 Å². The van der Waals surface area contributed by atoms with Crippen LogP contribution >= 0.6 is 0 Å². The first-order valence-corrected chi connectivity index (χ1v) is 8.38. The quantitative estimate of drug-likeness (QED) is 0.724. The van der Waals surface area contributed by atoms with Crippen molar-refractivity contribution in [1.29, 1.82) is 0 Å². The van der Waals surface area contributed by atoms with Gasteiger partial charge >= 0.3 is 0 Å². The molecule has 1 aromatic heterocycles. The lowest BCUT2D eigenvalue weighted by molar-refractivity contribution is 0.204. The number of nitrogens with zero attached hydrogens (tertiary/aromatic N) is 3. The molecule has 2 aromatic carbocycles. The molecule has 24 heavy (non-hydrogen) atoms. The predicted molar refractivity (Wildman–Crippen MR) is 93.4 cm³/mol. The molecule has 1 heterocycles. The molecule has 0 radical (unpaired) electrons. The minimum Gasteiger partial charge on any atom is -0.338 e. The van der Waals surface area contributed by atoms with E-state index < -0.39 is 0 Å². The van der Waals surface area contributed by atoms with E-state index in [1.54, 1.807) is 0 Å². The SMILES string of the molecule is Cc1ccc(-c2noc(CN(C)C3CCc4ccccc43)n2)cc1. The Morgan fingerprint density at radius 2 is 1.92 bits per heavy atom. The largest absolute Gasteiger partial charge is 0.338 e. The second-order valence-electron chi connectivity index (χ2n) is 6.55. The van der Waals surface area contributed by atoms with Gasteiger partial charge in [0.1, 0.15) is 0 Å². The molecule has 0 fully saturated rings. The fourth-order valence-electron chi connectivity index (χ4n) is 3.46. The number of aromatic nitrogens is 2. The summed E-state index contributed by atoms with van der Waals surface area (Å²) in [7, 11) is 2.13. The van der Waals surface area contributed by atoms with Crippen molar-refractivity contribution in [2.75, 3.05) is 7.05 Å². The molecular formula is C20H21N3O. The summed E-state index contributed by atoms with van der Waals surface area (Å²) >= 11 is 0. The van der Waals surface area contributed by atoms with Crippen LogP contribution in [0.4, 0.5) is 0 Å². The van der Waals surface area contributed by atoms with E-state index in [1.165, 1.54) is 16.7 Å². The average molecular weight is 319 g/mol. The van der Waals surface area contributed by atoms with Crippen LogP contribution < -0.4 is 0 Å². The number of rotatable bonds is 4. The van der Waals surface area contributed by atoms with Gasteiger partial charge in [-0.1, -0.05) is 59.3 Å². The zero-order valence-electron chi connectivity index (χ0n) is 14.1. The van der Waals surface area contributed by atoms with Crippen LogP contribution in [0.15, 0.2) is 53.1 Å². The minimum absolute atomic E-state index is 0.427. The van der Waals surface area contributed by atoms with Crippen molar-refractivity contribution in [3.8, 4) is 11.4 Å². The Labute approximate surface area is 142 Å². The lowest BCUT2D eigenvalue weighted by Gasteiger charge is -2.23. The summed E-state index contributed by atoms with van der Waals surface area (Å²) in [5, 5.41) is 4.13. The molecule has 0 saturated carbocycles. The highest BCUT2D eigenvalue weighted by atomic mass is 16.5. The van der Waals surface area contributed by atoms with Gasteiger partial charge in [-0.15, -0.1) is 0 Å². The maximum atomic E-state index is 5.46. The second kappa shape index (κ2) is 6.21. The molecule has 0 amide bonds. The van der Waals surface area contributed by atoms with Crippen LogP contribution in [0, 0.1) is 6.92 Å². The van der Waals surface area contributed by atoms with Gasteiger partial charge in [0.05, 0.1) is 6.54 Å². The Kier molecular flexibility index (Phi) is 3.90. The van der Waals surface area contributed by atoms with Crippen LogP contribution in [0.5, 0.6) is 0 Å². The first kappa shape index (κ1) is 15.1. The Hall–Kier alpha value is -2.46. The van der Waals surface area contributed by atoms with Crippen LogP contribution in [-0.4, -0.2) is 22.1 Å². The lowest BCUT2D eigenvalue weighted by atomic mass is 10.1. The van der Waals surface area contributed by atoms with Crippen molar-refractivity contribution >= 4 is 0 Å². The van der Waals surface area contributed by atoms with Crippen molar-refractivity contribution in [2.24, 2.45) is 0 Å². The normalized spacial score (nSPS) is 16.5. The van der Waals surface area contributed by atoms with Crippen molar-refractivity contribution in [3.63, 3.8) is 0 Å². The number of aryl methyl sites for hydroxylation is 2. The summed E-state index contributed by atoms with van der Waals surface area (Å²) in [6.45, 7) is 2.73. The van der Waals surface area contributed by atoms with Crippen molar-refractivity contribution in [1.82, 2.24) is 15.0 Å². The third-order valence-electron chi connectivity index (χ3n) is 4.80. The zero-order valence-corrected chi connectivity index (χ0v) is 14.1. The molecule has 0 aliphatic heterocycles. The number of fused-ring (bicyclic) bond motifs is 1. The first-order valence-electron chi connectivity index (χ1n) is 8.38. The van der Waals surface area contributed by atoms with E-state index in [2.05, 4.69) is 65.4 Å². The fourth-order valence-corrected chi connectivity index (χ4v) is 3.46. The molecule has 0 saturated heterocycles. The number of benzene rings is 2. The van der Waals surface area contributed by atoms with Gasteiger partial charge in [-0.2, -0.15) is 4.98 Å². The van der Waals surface area contributed by atoms with Crippen molar-refractivity contribution in [3.05, 3.63) is 71.1 Å². The predicted octanol–water partition coefficient (Wildman–Crippen LogP) is 4.16. The Bertz CT molecular complexity index is 838.